The molecule has 3 rings (SSSR count). The number of hydrogen-bond acceptors (Lipinski definition) is 5. The molecule has 0 aliphatic carbocycles. The molecule has 0 unspecified atom stereocenters. The SMILES string of the molecule is COCc1ccccc1CNc1ccc2nccnc2n1. The standard InChI is InChI=1S/C16H16N4O/c1-21-11-13-5-3-2-4-12(13)10-19-15-7-6-14-16(20-15)18-9-8-17-14/h2-9H,10-11H2,1H3,(H,18,19,20). The Labute approximate surface area is 123 Å². The lowest BCUT2D eigenvalue weighted by Gasteiger charge is -2.10. The first kappa shape index (κ1) is 13.5. The monoisotopic (exact) mass is 280 g/mol. The van der Waals surface area contributed by atoms with Crippen LogP contribution in [0.1, 0.15) is 11.1 Å². The van der Waals surface area contributed by atoms with Crippen molar-refractivity contribution in [3.8, 4) is 0 Å². The Balaban J connectivity index is 1.77. The lowest BCUT2D eigenvalue weighted by atomic mass is 10.1. The zero-order valence-electron chi connectivity index (χ0n) is 11.8. The highest BCUT2D eigenvalue weighted by Crippen LogP contribution is 2.14. The maximum atomic E-state index is 5.22. The van der Waals surface area contributed by atoms with Gasteiger partial charge < -0.3 is 10.1 Å². The van der Waals surface area contributed by atoms with Crippen LogP contribution in [0.3, 0.4) is 0 Å². The number of anilines is 1. The zero-order chi connectivity index (χ0) is 14.5. The lowest BCUT2D eigenvalue weighted by molar-refractivity contribution is 0.184. The molecule has 0 aliphatic rings. The number of pyridine rings is 1. The van der Waals surface area contributed by atoms with Crippen molar-refractivity contribution in [3.63, 3.8) is 0 Å². The third-order valence-corrected chi connectivity index (χ3v) is 3.21. The number of hydrogen-bond donors (Lipinski definition) is 1. The van der Waals surface area contributed by atoms with Crippen molar-refractivity contribution in [3.05, 3.63) is 59.9 Å². The molecule has 5 nitrogen and oxygen atoms in total. The van der Waals surface area contributed by atoms with E-state index < -0.39 is 0 Å². The van der Waals surface area contributed by atoms with Gasteiger partial charge in [-0.2, -0.15) is 0 Å². The maximum absolute atomic E-state index is 5.22. The molecule has 0 saturated carbocycles. The number of fused-ring (bicyclic) bond motifs is 1. The molecule has 0 aliphatic heterocycles. The summed E-state index contributed by atoms with van der Waals surface area (Å²) in [5, 5.41) is 3.32. The van der Waals surface area contributed by atoms with Crippen molar-refractivity contribution >= 4 is 17.0 Å². The third kappa shape index (κ3) is 3.14. The first-order valence-electron chi connectivity index (χ1n) is 6.74. The van der Waals surface area contributed by atoms with Crippen molar-refractivity contribution in [2.24, 2.45) is 0 Å². The molecule has 0 bridgehead atoms. The molecule has 5 heteroatoms. The van der Waals surface area contributed by atoms with Crippen LogP contribution in [0.4, 0.5) is 5.82 Å². The van der Waals surface area contributed by atoms with E-state index in [1.807, 2.05) is 24.3 Å². The Morgan fingerprint density at radius 3 is 2.67 bits per heavy atom. The fourth-order valence-electron chi connectivity index (χ4n) is 2.16. The molecule has 106 valence electrons. The quantitative estimate of drug-likeness (QED) is 0.778. The van der Waals surface area contributed by atoms with Gasteiger partial charge in [-0.3, -0.25) is 4.98 Å². The molecule has 1 N–H and O–H groups in total. The predicted molar refractivity (Wildman–Crippen MR) is 81.8 cm³/mol. The van der Waals surface area contributed by atoms with Crippen molar-refractivity contribution in [2.75, 3.05) is 12.4 Å². The largest absolute Gasteiger partial charge is 0.380 e. The lowest BCUT2D eigenvalue weighted by Crippen LogP contribution is -2.05. The second-order valence-electron chi connectivity index (χ2n) is 4.65. The van der Waals surface area contributed by atoms with Gasteiger partial charge in [-0.05, 0) is 23.3 Å². The Bertz CT molecular complexity index is 745. The van der Waals surface area contributed by atoms with Crippen LogP contribution in [-0.4, -0.2) is 22.1 Å². The summed E-state index contributed by atoms with van der Waals surface area (Å²) >= 11 is 0. The van der Waals surface area contributed by atoms with Gasteiger partial charge >= 0.3 is 0 Å². The van der Waals surface area contributed by atoms with Crippen LogP contribution in [0.25, 0.3) is 11.2 Å². The second-order valence-corrected chi connectivity index (χ2v) is 4.65. The van der Waals surface area contributed by atoms with Gasteiger partial charge in [-0.15, -0.1) is 0 Å². The molecule has 0 radical (unpaired) electrons. The van der Waals surface area contributed by atoms with Gasteiger partial charge in [0.1, 0.15) is 11.3 Å². The maximum Gasteiger partial charge on any atom is 0.180 e. The molecule has 0 spiro atoms. The smallest absolute Gasteiger partial charge is 0.180 e. The fraction of sp³-hybridized carbons (Fsp3) is 0.188. The molecule has 21 heavy (non-hydrogen) atoms. The summed E-state index contributed by atoms with van der Waals surface area (Å²) in [6.07, 6.45) is 3.31. The Morgan fingerprint density at radius 1 is 1.00 bits per heavy atom. The van der Waals surface area contributed by atoms with E-state index in [1.54, 1.807) is 19.5 Å². The van der Waals surface area contributed by atoms with Crippen molar-refractivity contribution in [2.45, 2.75) is 13.2 Å². The summed E-state index contributed by atoms with van der Waals surface area (Å²) in [7, 11) is 1.70. The van der Waals surface area contributed by atoms with Gasteiger partial charge in [0.05, 0.1) is 6.61 Å². The van der Waals surface area contributed by atoms with E-state index in [-0.39, 0.29) is 0 Å². The van der Waals surface area contributed by atoms with Crippen LogP contribution in [-0.2, 0) is 17.9 Å². The zero-order valence-corrected chi connectivity index (χ0v) is 11.8. The van der Waals surface area contributed by atoms with E-state index in [9.17, 15) is 0 Å². The summed E-state index contributed by atoms with van der Waals surface area (Å²) in [5.74, 6) is 0.787. The van der Waals surface area contributed by atoms with E-state index in [0.717, 1.165) is 11.3 Å². The number of rotatable bonds is 5. The summed E-state index contributed by atoms with van der Waals surface area (Å²) in [6.45, 7) is 1.30. The Kier molecular flexibility index (Phi) is 4.02. The average molecular weight is 280 g/mol. The van der Waals surface area contributed by atoms with E-state index in [0.29, 0.717) is 18.8 Å². The Hall–Kier alpha value is -2.53. The van der Waals surface area contributed by atoms with Gasteiger partial charge in [0.2, 0.25) is 0 Å². The predicted octanol–water partition coefficient (Wildman–Crippen LogP) is 2.78. The molecule has 1 aromatic carbocycles. The first-order chi connectivity index (χ1) is 10.4. The fourth-order valence-corrected chi connectivity index (χ4v) is 2.16. The number of ether oxygens (including phenoxy) is 1. The molecule has 2 aromatic heterocycles. The molecular weight excluding hydrogens is 264 g/mol. The second kappa shape index (κ2) is 6.28. The average Bonchev–Trinajstić information content (AvgIpc) is 2.54. The minimum absolute atomic E-state index is 0.606. The molecule has 0 amide bonds. The molecular formula is C16H16N4O. The summed E-state index contributed by atoms with van der Waals surface area (Å²) in [6, 6.07) is 12.0. The van der Waals surface area contributed by atoms with Crippen LogP contribution < -0.4 is 5.32 Å². The Morgan fingerprint density at radius 2 is 1.81 bits per heavy atom. The number of nitrogens with one attached hydrogen (secondary N) is 1. The number of aromatic nitrogens is 3. The summed E-state index contributed by atoms with van der Waals surface area (Å²) in [4.78, 5) is 12.9. The van der Waals surface area contributed by atoms with E-state index in [4.69, 9.17) is 4.74 Å². The summed E-state index contributed by atoms with van der Waals surface area (Å²) < 4.78 is 5.22. The van der Waals surface area contributed by atoms with Crippen molar-refractivity contribution in [1.29, 1.82) is 0 Å². The normalized spacial score (nSPS) is 10.7. The highest BCUT2D eigenvalue weighted by atomic mass is 16.5. The van der Waals surface area contributed by atoms with Gasteiger partial charge in [0, 0.05) is 26.0 Å². The van der Waals surface area contributed by atoms with Crippen molar-refractivity contribution in [1.82, 2.24) is 15.0 Å². The molecule has 0 saturated heterocycles. The first-order valence-corrected chi connectivity index (χ1v) is 6.74. The summed E-state index contributed by atoms with van der Waals surface area (Å²) in [5.41, 5.74) is 3.81. The molecule has 0 fully saturated rings. The van der Waals surface area contributed by atoms with Crippen LogP contribution >= 0.6 is 0 Å². The van der Waals surface area contributed by atoms with E-state index >= 15 is 0 Å². The third-order valence-electron chi connectivity index (χ3n) is 3.21. The minimum Gasteiger partial charge on any atom is -0.380 e. The number of methoxy groups -OCH3 is 1. The van der Waals surface area contributed by atoms with Gasteiger partial charge in [-0.1, -0.05) is 24.3 Å². The molecule has 0 atom stereocenters. The van der Waals surface area contributed by atoms with Gasteiger partial charge in [0.15, 0.2) is 5.65 Å². The van der Waals surface area contributed by atoms with E-state index in [1.165, 1.54) is 11.1 Å². The molecule has 3 aromatic rings. The van der Waals surface area contributed by atoms with Crippen LogP contribution in [0, 0.1) is 0 Å². The highest BCUT2D eigenvalue weighted by Gasteiger charge is 2.03. The number of benzene rings is 1. The molecule has 2 heterocycles. The van der Waals surface area contributed by atoms with Crippen LogP contribution in [0.2, 0.25) is 0 Å². The van der Waals surface area contributed by atoms with Crippen molar-refractivity contribution < 1.29 is 4.74 Å². The van der Waals surface area contributed by atoms with Crippen LogP contribution in [0.15, 0.2) is 48.8 Å². The minimum atomic E-state index is 0.606. The number of nitrogens with zero attached hydrogens (tertiary/aromatic N) is 3. The van der Waals surface area contributed by atoms with Gasteiger partial charge in [0.25, 0.3) is 0 Å². The highest BCUT2D eigenvalue weighted by molar-refractivity contribution is 5.71. The van der Waals surface area contributed by atoms with Gasteiger partial charge in [-0.25, -0.2) is 9.97 Å². The van der Waals surface area contributed by atoms with Crippen LogP contribution in [0.5, 0.6) is 0 Å². The topological polar surface area (TPSA) is 59.9 Å². The van der Waals surface area contributed by atoms with E-state index in [2.05, 4.69) is 32.4 Å².